The predicted octanol–water partition coefficient (Wildman–Crippen LogP) is 1.02. The number of piperazine rings is 1. The van der Waals surface area contributed by atoms with Gasteiger partial charge in [0.1, 0.15) is 24.4 Å². The van der Waals surface area contributed by atoms with Crippen molar-refractivity contribution in [2.45, 2.75) is 37.9 Å². The number of hydrogen-bond acceptors (Lipinski definition) is 6. The fourth-order valence-corrected chi connectivity index (χ4v) is 4.18. The molecule has 1 aromatic heterocycles. The van der Waals surface area contributed by atoms with E-state index in [1.807, 2.05) is 6.07 Å². The van der Waals surface area contributed by atoms with Crippen LogP contribution in [0.2, 0.25) is 0 Å². The van der Waals surface area contributed by atoms with Crippen LogP contribution in [-0.2, 0) is 9.53 Å². The molecule has 3 fully saturated rings. The highest BCUT2D eigenvalue weighted by Gasteiger charge is 2.63. The van der Waals surface area contributed by atoms with Crippen molar-refractivity contribution in [1.29, 1.82) is 5.26 Å². The van der Waals surface area contributed by atoms with Crippen molar-refractivity contribution in [2.24, 2.45) is 0 Å². The lowest BCUT2D eigenvalue weighted by Crippen LogP contribution is -2.55. The zero-order valence-corrected chi connectivity index (χ0v) is 15.2. The van der Waals surface area contributed by atoms with Crippen molar-refractivity contribution in [3.05, 3.63) is 23.5 Å². The van der Waals surface area contributed by atoms with E-state index < -0.39 is 30.1 Å². The number of hydrogen-bond donors (Lipinski definition) is 0. The second-order valence-electron chi connectivity index (χ2n) is 6.96. The van der Waals surface area contributed by atoms with Crippen LogP contribution in [0, 0.1) is 30.6 Å². The van der Waals surface area contributed by atoms with Gasteiger partial charge in [-0.1, -0.05) is 0 Å². The van der Waals surface area contributed by atoms with Crippen LogP contribution in [0.4, 0.5) is 15.3 Å². The van der Waals surface area contributed by atoms with Gasteiger partial charge in [0.25, 0.3) is 5.91 Å². The Bertz CT molecular complexity index is 962. The van der Waals surface area contributed by atoms with Gasteiger partial charge in [0.05, 0.1) is 24.0 Å². The molecule has 3 atom stereocenters. The minimum absolute atomic E-state index is 0.118. The van der Waals surface area contributed by atoms with Crippen LogP contribution in [0.1, 0.15) is 24.1 Å². The Labute approximate surface area is 161 Å². The van der Waals surface area contributed by atoms with Crippen LogP contribution in [-0.4, -0.2) is 64.1 Å². The summed E-state index contributed by atoms with van der Waals surface area (Å²) in [5.41, 5.74) is 1.14. The van der Waals surface area contributed by atoms with Crippen molar-refractivity contribution in [2.75, 3.05) is 18.1 Å². The molecule has 9 heteroatoms. The summed E-state index contributed by atoms with van der Waals surface area (Å²) in [6.07, 6.45) is 6.85. The first-order chi connectivity index (χ1) is 13.5. The second kappa shape index (κ2) is 6.54. The smallest absolute Gasteiger partial charge is 0.410 e. The van der Waals surface area contributed by atoms with Crippen molar-refractivity contribution >= 4 is 23.7 Å². The van der Waals surface area contributed by atoms with Gasteiger partial charge in [-0.15, -0.1) is 12.3 Å². The molecule has 1 aromatic rings. The number of nitrogens with zero attached hydrogens (tertiary/aromatic N) is 5. The van der Waals surface area contributed by atoms with E-state index >= 15 is 0 Å². The van der Waals surface area contributed by atoms with Gasteiger partial charge in [0.15, 0.2) is 0 Å². The number of nitriles is 1. The van der Waals surface area contributed by atoms with E-state index in [-0.39, 0.29) is 18.3 Å². The maximum absolute atomic E-state index is 13.0. The van der Waals surface area contributed by atoms with Crippen LogP contribution >= 0.6 is 0 Å². The molecule has 0 aromatic carbocycles. The molecule has 28 heavy (non-hydrogen) atoms. The van der Waals surface area contributed by atoms with Gasteiger partial charge in [-0.3, -0.25) is 4.79 Å². The predicted molar refractivity (Wildman–Crippen MR) is 95.9 cm³/mol. The third kappa shape index (κ3) is 2.48. The number of amides is 4. The summed E-state index contributed by atoms with van der Waals surface area (Å²) in [5.74, 6) is 2.00. The van der Waals surface area contributed by atoms with Crippen molar-refractivity contribution in [1.82, 2.24) is 14.8 Å². The number of carbonyl (C=O) groups excluding carboxylic acids is 3. The molecule has 0 spiro atoms. The van der Waals surface area contributed by atoms with E-state index in [2.05, 4.69) is 10.9 Å². The first-order valence-electron chi connectivity index (χ1n) is 8.87. The summed E-state index contributed by atoms with van der Waals surface area (Å²) in [4.78, 5) is 46.4. The molecule has 0 aliphatic carbocycles. The van der Waals surface area contributed by atoms with E-state index in [1.165, 1.54) is 11.1 Å². The van der Waals surface area contributed by atoms with Crippen LogP contribution in [0.3, 0.4) is 0 Å². The highest BCUT2D eigenvalue weighted by Crippen LogP contribution is 2.42. The summed E-state index contributed by atoms with van der Waals surface area (Å²) >= 11 is 0. The molecule has 0 radical (unpaired) electrons. The number of imide groups is 1. The molecule has 3 saturated heterocycles. The van der Waals surface area contributed by atoms with E-state index in [4.69, 9.17) is 16.4 Å². The first-order valence-corrected chi connectivity index (χ1v) is 8.87. The Morgan fingerprint density at radius 3 is 2.93 bits per heavy atom. The third-order valence-electron chi connectivity index (χ3n) is 5.40. The van der Waals surface area contributed by atoms with Crippen molar-refractivity contribution in [3.63, 3.8) is 0 Å². The number of fused-ring (bicyclic) bond motifs is 5. The second-order valence-corrected chi connectivity index (χ2v) is 6.96. The number of aryl methyl sites for hydroxylation is 1. The molecule has 2 bridgehead atoms. The fraction of sp³-hybridized carbons (Fsp3) is 0.421. The average molecular weight is 379 g/mol. The number of aromatic nitrogens is 1. The Morgan fingerprint density at radius 2 is 2.25 bits per heavy atom. The Morgan fingerprint density at radius 1 is 1.46 bits per heavy atom. The number of carbonyl (C=O) groups is 3. The Kier molecular flexibility index (Phi) is 4.16. The standard InChI is InChI=1S/C19H17N5O4/c1-3-4-5-28-19(27)22-10-13-7-15(22)16-17(25)24(18(26)23(13)16)12-6-11(2)14(8-20)21-9-12/h1,6,9,13,15-16H,4-5,7,10H2,2H3/t13-,15?,16+/m1/s1. The van der Waals surface area contributed by atoms with Crippen LogP contribution < -0.4 is 4.90 Å². The minimum atomic E-state index is -0.734. The molecule has 4 rings (SSSR count). The van der Waals surface area contributed by atoms with Gasteiger partial charge in [-0.25, -0.2) is 19.5 Å². The van der Waals surface area contributed by atoms with E-state index in [0.29, 0.717) is 30.6 Å². The van der Waals surface area contributed by atoms with Gasteiger partial charge in [-0.05, 0) is 25.0 Å². The largest absolute Gasteiger partial charge is 0.448 e. The summed E-state index contributed by atoms with van der Waals surface area (Å²) in [6, 6.07) is 1.75. The average Bonchev–Trinajstić information content (AvgIpc) is 3.33. The van der Waals surface area contributed by atoms with Gasteiger partial charge >= 0.3 is 12.1 Å². The summed E-state index contributed by atoms with van der Waals surface area (Å²) in [5, 5.41) is 9.02. The lowest BCUT2D eigenvalue weighted by molar-refractivity contribution is -0.121. The molecule has 9 nitrogen and oxygen atoms in total. The van der Waals surface area contributed by atoms with E-state index in [9.17, 15) is 14.4 Å². The normalized spacial score (nSPS) is 25.0. The van der Waals surface area contributed by atoms with E-state index in [0.717, 1.165) is 4.90 Å². The maximum Gasteiger partial charge on any atom is 0.410 e. The summed E-state index contributed by atoms with van der Waals surface area (Å²) < 4.78 is 5.16. The number of urea groups is 1. The topological polar surface area (TPSA) is 107 Å². The molecule has 142 valence electrons. The van der Waals surface area contributed by atoms with Gasteiger partial charge in [0.2, 0.25) is 0 Å². The maximum atomic E-state index is 13.0. The molecule has 4 heterocycles. The lowest BCUT2D eigenvalue weighted by Gasteiger charge is -2.34. The fourth-order valence-electron chi connectivity index (χ4n) is 4.18. The molecule has 0 N–H and O–H groups in total. The Balaban J connectivity index is 1.57. The van der Waals surface area contributed by atoms with Crippen LogP contribution in [0.15, 0.2) is 12.3 Å². The van der Waals surface area contributed by atoms with E-state index in [1.54, 1.807) is 17.9 Å². The summed E-state index contributed by atoms with van der Waals surface area (Å²) in [6.45, 7) is 2.14. The number of likely N-dealkylation sites (tertiary alicyclic amines) is 1. The molecule has 1 unspecified atom stereocenters. The van der Waals surface area contributed by atoms with Crippen LogP contribution in [0.25, 0.3) is 0 Å². The number of pyridine rings is 1. The monoisotopic (exact) mass is 379 g/mol. The van der Waals surface area contributed by atoms with Gasteiger partial charge in [0, 0.05) is 13.0 Å². The summed E-state index contributed by atoms with van der Waals surface area (Å²) in [7, 11) is 0. The molecule has 3 aliphatic heterocycles. The molecule has 4 amide bonds. The number of rotatable bonds is 3. The minimum Gasteiger partial charge on any atom is -0.448 e. The quantitative estimate of drug-likeness (QED) is 0.441. The van der Waals surface area contributed by atoms with Gasteiger partial charge < -0.3 is 14.5 Å². The zero-order chi connectivity index (χ0) is 20.0. The highest BCUT2D eigenvalue weighted by molar-refractivity contribution is 6.22. The number of ether oxygens (including phenoxy) is 1. The molecular formula is C19H17N5O4. The molecule has 0 saturated carbocycles. The number of anilines is 1. The van der Waals surface area contributed by atoms with Gasteiger partial charge in [-0.2, -0.15) is 5.26 Å². The zero-order valence-electron chi connectivity index (χ0n) is 15.2. The molecular weight excluding hydrogens is 362 g/mol. The van der Waals surface area contributed by atoms with Crippen molar-refractivity contribution < 1.29 is 19.1 Å². The first kappa shape index (κ1) is 17.8. The highest BCUT2D eigenvalue weighted by atomic mass is 16.6. The SMILES string of the molecule is C#CCCOC(=O)N1C[C@H]2CC1[C@H]1C(=O)N(c3cnc(C#N)c(C)c3)C(=O)N21. The Hall–Kier alpha value is -3.59. The third-order valence-corrected chi connectivity index (χ3v) is 5.40. The van der Waals surface area contributed by atoms with Crippen LogP contribution in [0.5, 0.6) is 0 Å². The number of terminal acetylenes is 1. The lowest BCUT2D eigenvalue weighted by atomic mass is 10.1. The van der Waals surface area contributed by atoms with Crippen molar-refractivity contribution in [3.8, 4) is 18.4 Å². The molecule has 3 aliphatic rings.